The Hall–Kier alpha value is -2.71. The fourth-order valence-electron chi connectivity index (χ4n) is 6.57. The smallest absolute Gasteiger partial charge is 0.388 e. The van der Waals surface area contributed by atoms with Gasteiger partial charge in [0.2, 0.25) is 5.78 Å². The summed E-state index contributed by atoms with van der Waals surface area (Å²) in [5, 5.41) is 19.1. The molecule has 12 heteroatoms. The number of nitrogens with zero attached hydrogens (tertiary/aromatic N) is 5. The molecule has 3 aromatic heterocycles. The first-order valence-corrected chi connectivity index (χ1v) is 16.4. The number of hydrogen-bond donors (Lipinski definition) is 2. The summed E-state index contributed by atoms with van der Waals surface area (Å²) >= 11 is 0. The topological polar surface area (TPSA) is 141 Å². The van der Waals surface area contributed by atoms with Crippen LogP contribution >= 0.6 is 0 Å². The molecule has 11 nitrogen and oxygen atoms in total. The molecule has 0 amide bonds. The van der Waals surface area contributed by atoms with Crippen molar-refractivity contribution in [3.05, 3.63) is 92.6 Å². The van der Waals surface area contributed by atoms with Crippen LogP contribution in [0.5, 0.6) is 0 Å². The van der Waals surface area contributed by atoms with Gasteiger partial charge in [-0.15, -0.1) is 0 Å². The molecule has 6 rings (SSSR count). The second-order valence-corrected chi connectivity index (χ2v) is 12.4. The molecule has 0 saturated heterocycles. The molecule has 47 heavy (non-hydrogen) atoms. The van der Waals surface area contributed by atoms with Crippen molar-refractivity contribution < 1.29 is 14.4 Å². The van der Waals surface area contributed by atoms with E-state index >= 15 is 0 Å². The molecule has 2 N–H and O–H groups in total. The van der Waals surface area contributed by atoms with Crippen molar-refractivity contribution in [1.82, 2.24) is 29.3 Å². The monoisotopic (exact) mass is 665 g/mol. The van der Waals surface area contributed by atoms with E-state index < -0.39 is 11.4 Å². The van der Waals surface area contributed by atoms with Crippen molar-refractivity contribution in [3.63, 3.8) is 0 Å². The molecule has 1 fully saturated rings. The number of H-pyrrole nitrogens is 1. The molecule has 0 aliphatic heterocycles. The first kappa shape index (κ1) is 35.6. The van der Waals surface area contributed by atoms with Crippen molar-refractivity contribution in [2.75, 3.05) is 6.61 Å². The van der Waals surface area contributed by atoms with Crippen molar-refractivity contribution in [2.24, 2.45) is 0 Å². The number of aromatic amines is 1. The zero-order valence-electron chi connectivity index (χ0n) is 27.7. The fourth-order valence-corrected chi connectivity index (χ4v) is 6.57. The summed E-state index contributed by atoms with van der Waals surface area (Å²) in [5.74, 6) is 0.362. The Balaban J connectivity index is 0.00000433. The summed E-state index contributed by atoms with van der Waals surface area (Å²) in [7, 11) is 0. The Morgan fingerprint density at radius 2 is 1.70 bits per heavy atom. The summed E-state index contributed by atoms with van der Waals surface area (Å²) in [6, 6.07) is 15.8. The maximum atomic E-state index is 14.4. The molecule has 0 spiro atoms. The Bertz CT molecular complexity index is 1900. The standard InChI is InChI=1S/C35H42N6O5.K/c1-4-9-30-29(20-23-12-14-24(15-13-23)27-10-7-8-11-28(27)31-38-34(43)46-39-31)32(42)40(33-36-22-37-41(30)33)25-16-18-26(19-17-25)45-21-35(44,5-2)6-3;/h7-8,10-15,22,25-26,44H,4-6,9,16-21H2,1-3H3,(H,38,39,43);. The summed E-state index contributed by atoms with van der Waals surface area (Å²) in [6.45, 7) is 6.41. The van der Waals surface area contributed by atoms with Crippen molar-refractivity contribution in [3.8, 4) is 22.5 Å². The second-order valence-electron chi connectivity index (χ2n) is 12.4. The van der Waals surface area contributed by atoms with E-state index in [-0.39, 0.29) is 69.1 Å². The molecular formula is C35H42KN6O5. The van der Waals surface area contributed by atoms with Crippen LogP contribution in [-0.4, -0.2) is 104 Å². The molecule has 0 bridgehead atoms. The molecule has 5 aromatic rings. The van der Waals surface area contributed by atoms with Crippen LogP contribution in [0, 0.1) is 0 Å². The molecule has 0 atom stereocenters. The van der Waals surface area contributed by atoms with Gasteiger partial charge >= 0.3 is 5.76 Å². The molecular weight excluding hydrogens is 624 g/mol. The van der Waals surface area contributed by atoms with Gasteiger partial charge < -0.3 is 9.84 Å². The van der Waals surface area contributed by atoms with E-state index in [0.29, 0.717) is 43.9 Å². The Morgan fingerprint density at radius 1 is 1.00 bits per heavy atom. The van der Waals surface area contributed by atoms with Crippen LogP contribution in [0.2, 0.25) is 0 Å². The number of hydrogen-bond acceptors (Lipinski definition) is 8. The van der Waals surface area contributed by atoms with Gasteiger partial charge in [0.1, 0.15) is 6.33 Å². The minimum absolute atomic E-state index is 0. The van der Waals surface area contributed by atoms with Gasteiger partial charge in [-0.2, -0.15) is 10.1 Å². The van der Waals surface area contributed by atoms with Crippen molar-refractivity contribution in [2.45, 2.75) is 96.3 Å². The molecule has 1 aliphatic rings. The van der Waals surface area contributed by atoms with Gasteiger partial charge in [-0.3, -0.25) is 18.9 Å². The SMILES string of the molecule is CCCc1c(Cc2ccc(-c3ccccc3-c3noc(=O)[nH]3)cc2)c(=O)n(C2CCC(OCC(O)(CC)CC)CC2)c2ncnn12.[K]. The van der Waals surface area contributed by atoms with Crippen LogP contribution in [0.3, 0.4) is 0 Å². The van der Waals surface area contributed by atoms with Crippen LogP contribution < -0.4 is 11.3 Å². The average Bonchev–Trinajstić information content (AvgIpc) is 3.75. The van der Waals surface area contributed by atoms with E-state index in [4.69, 9.17) is 9.26 Å². The van der Waals surface area contributed by atoms with Gasteiger partial charge in [0, 0.05) is 75.0 Å². The number of aromatic nitrogens is 6. The second kappa shape index (κ2) is 15.7. The summed E-state index contributed by atoms with van der Waals surface area (Å²) in [4.78, 5) is 33.1. The summed E-state index contributed by atoms with van der Waals surface area (Å²) < 4.78 is 14.6. The minimum Gasteiger partial charge on any atom is -0.388 e. The number of nitrogens with one attached hydrogen (secondary N) is 1. The van der Waals surface area contributed by atoms with Gasteiger partial charge in [-0.05, 0) is 61.6 Å². The zero-order chi connectivity index (χ0) is 32.3. The molecule has 3 heterocycles. The summed E-state index contributed by atoms with van der Waals surface area (Å²) in [5.41, 5.74) is 4.47. The van der Waals surface area contributed by atoms with E-state index in [9.17, 15) is 14.7 Å². The van der Waals surface area contributed by atoms with E-state index in [1.54, 1.807) is 0 Å². The molecule has 0 unspecified atom stereocenters. The third-order valence-electron chi connectivity index (χ3n) is 9.49. The number of rotatable bonds is 12. The number of fused-ring (bicyclic) bond motifs is 1. The van der Waals surface area contributed by atoms with Gasteiger partial charge in [0.05, 0.1) is 24.0 Å². The molecule has 243 valence electrons. The van der Waals surface area contributed by atoms with E-state index in [1.807, 2.05) is 71.5 Å². The predicted octanol–water partition coefficient (Wildman–Crippen LogP) is 5.12. The normalized spacial score (nSPS) is 16.8. The number of aryl methyl sites for hydroxylation is 1. The fraction of sp³-hybridized carbons (Fsp3) is 0.457. The first-order valence-electron chi connectivity index (χ1n) is 16.4. The van der Waals surface area contributed by atoms with Gasteiger partial charge in [-0.1, -0.05) is 80.9 Å². The minimum atomic E-state index is -0.787. The van der Waals surface area contributed by atoms with Crippen LogP contribution in [-0.2, 0) is 17.6 Å². The zero-order valence-corrected chi connectivity index (χ0v) is 30.9. The largest absolute Gasteiger partial charge is 0.439 e. The van der Waals surface area contributed by atoms with Crippen LogP contribution in [0.15, 0.2) is 69.0 Å². The van der Waals surface area contributed by atoms with E-state index in [2.05, 4.69) is 27.1 Å². The van der Waals surface area contributed by atoms with Crippen LogP contribution in [0.1, 0.15) is 88.6 Å². The van der Waals surface area contributed by atoms with Gasteiger partial charge in [0.25, 0.3) is 5.56 Å². The number of aliphatic hydroxyl groups is 1. The Morgan fingerprint density at radius 3 is 2.34 bits per heavy atom. The maximum absolute atomic E-state index is 14.4. The first-order chi connectivity index (χ1) is 22.3. The third kappa shape index (κ3) is 7.64. The molecule has 1 radical (unpaired) electrons. The van der Waals surface area contributed by atoms with Crippen molar-refractivity contribution >= 4 is 57.2 Å². The number of benzene rings is 2. The Labute approximate surface area is 316 Å². The number of ether oxygens (including phenoxy) is 1. The van der Waals surface area contributed by atoms with E-state index in [1.165, 1.54) is 6.33 Å². The molecule has 1 aliphatic carbocycles. The third-order valence-corrected chi connectivity index (χ3v) is 9.49. The quantitative estimate of drug-likeness (QED) is 0.175. The van der Waals surface area contributed by atoms with E-state index in [0.717, 1.165) is 65.6 Å². The maximum Gasteiger partial charge on any atom is 0.439 e. The predicted molar refractivity (Wildman–Crippen MR) is 181 cm³/mol. The van der Waals surface area contributed by atoms with Gasteiger partial charge in [0.15, 0.2) is 5.82 Å². The summed E-state index contributed by atoms with van der Waals surface area (Å²) in [6.07, 6.45) is 8.19. The van der Waals surface area contributed by atoms with Crippen LogP contribution in [0.4, 0.5) is 0 Å². The van der Waals surface area contributed by atoms with Crippen LogP contribution in [0.25, 0.3) is 28.3 Å². The van der Waals surface area contributed by atoms with Gasteiger partial charge in [-0.25, -0.2) is 9.31 Å². The van der Waals surface area contributed by atoms with Crippen molar-refractivity contribution in [1.29, 1.82) is 0 Å². The molecule has 2 aromatic carbocycles. The Kier molecular flexibility index (Phi) is 11.9. The molecule has 1 saturated carbocycles. The average molecular weight is 666 g/mol.